The molecular weight excluding hydrogens is 308 g/mol. The van der Waals surface area contributed by atoms with Crippen molar-refractivity contribution in [2.75, 3.05) is 18.4 Å². The molecule has 7 nitrogen and oxygen atoms in total. The van der Waals surface area contributed by atoms with Gasteiger partial charge in [-0.25, -0.2) is 4.79 Å². The van der Waals surface area contributed by atoms with E-state index in [0.717, 1.165) is 12.8 Å². The van der Waals surface area contributed by atoms with Crippen LogP contribution in [-0.4, -0.2) is 37.0 Å². The zero-order valence-corrected chi connectivity index (χ0v) is 14.0. The van der Waals surface area contributed by atoms with E-state index < -0.39 is 11.9 Å². The second-order valence-electron chi connectivity index (χ2n) is 6.30. The van der Waals surface area contributed by atoms with Gasteiger partial charge < -0.3 is 16.0 Å². The van der Waals surface area contributed by atoms with Gasteiger partial charge in [0, 0.05) is 18.3 Å². The molecule has 0 heterocycles. The molecule has 0 radical (unpaired) electrons. The number of carbonyl (C=O) groups excluding carboxylic acids is 3. The van der Waals surface area contributed by atoms with Crippen molar-refractivity contribution in [3.63, 3.8) is 0 Å². The van der Waals surface area contributed by atoms with Crippen LogP contribution in [0.3, 0.4) is 0 Å². The molecule has 1 aromatic rings. The summed E-state index contributed by atoms with van der Waals surface area (Å²) in [6, 6.07) is 6.73. The predicted octanol–water partition coefficient (Wildman–Crippen LogP) is 1.47. The first-order chi connectivity index (χ1) is 11.5. The minimum Gasteiger partial charge on any atom is -0.375 e. The molecule has 24 heavy (non-hydrogen) atoms. The zero-order valence-electron chi connectivity index (χ0n) is 14.0. The first kappa shape index (κ1) is 17.8. The van der Waals surface area contributed by atoms with Crippen molar-refractivity contribution in [2.24, 2.45) is 5.92 Å². The second-order valence-corrected chi connectivity index (χ2v) is 6.30. The van der Waals surface area contributed by atoms with Gasteiger partial charge in [-0.2, -0.15) is 0 Å². The SMILES string of the molecule is CC(C)CNC(=O)NC(=O)CNc1ccccc1C(=O)NC1CC1. The van der Waals surface area contributed by atoms with Crippen molar-refractivity contribution in [1.82, 2.24) is 16.0 Å². The zero-order chi connectivity index (χ0) is 17.5. The van der Waals surface area contributed by atoms with Crippen LogP contribution in [0.25, 0.3) is 0 Å². The Hall–Kier alpha value is -2.57. The smallest absolute Gasteiger partial charge is 0.321 e. The number of anilines is 1. The topological polar surface area (TPSA) is 99.3 Å². The van der Waals surface area contributed by atoms with Gasteiger partial charge in [-0.3, -0.25) is 14.9 Å². The van der Waals surface area contributed by atoms with Gasteiger partial charge in [0.25, 0.3) is 5.91 Å². The molecule has 1 saturated carbocycles. The third-order valence-electron chi connectivity index (χ3n) is 3.45. The largest absolute Gasteiger partial charge is 0.375 e. The normalized spacial score (nSPS) is 13.3. The average Bonchev–Trinajstić information content (AvgIpc) is 3.35. The maximum absolute atomic E-state index is 12.2. The summed E-state index contributed by atoms with van der Waals surface area (Å²) in [6.07, 6.45) is 2.02. The number of imide groups is 1. The van der Waals surface area contributed by atoms with Crippen LogP contribution in [0.5, 0.6) is 0 Å². The van der Waals surface area contributed by atoms with E-state index in [2.05, 4.69) is 21.3 Å². The molecule has 2 rings (SSSR count). The summed E-state index contributed by atoms with van der Waals surface area (Å²) in [5, 5.41) is 10.7. The van der Waals surface area contributed by atoms with Crippen LogP contribution in [0.4, 0.5) is 10.5 Å². The first-order valence-corrected chi connectivity index (χ1v) is 8.17. The van der Waals surface area contributed by atoms with Crippen molar-refractivity contribution in [1.29, 1.82) is 0 Å². The van der Waals surface area contributed by atoms with E-state index in [1.807, 2.05) is 13.8 Å². The Bertz CT molecular complexity index is 612. The Morgan fingerprint density at radius 2 is 1.88 bits per heavy atom. The number of carbonyl (C=O) groups is 3. The minimum atomic E-state index is -0.518. The quantitative estimate of drug-likeness (QED) is 0.607. The molecule has 0 saturated heterocycles. The highest BCUT2D eigenvalue weighted by atomic mass is 16.2. The highest BCUT2D eigenvalue weighted by Crippen LogP contribution is 2.21. The lowest BCUT2D eigenvalue weighted by atomic mass is 10.1. The lowest BCUT2D eigenvalue weighted by Gasteiger charge is -2.12. The highest BCUT2D eigenvalue weighted by molar-refractivity contribution is 6.01. The van der Waals surface area contributed by atoms with E-state index in [0.29, 0.717) is 23.7 Å². The van der Waals surface area contributed by atoms with Crippen molar-refractivity contribution >= 4 is 23.5 Å². The van der Waals surface area contributed by atoms with Gasteiger partial charge in [0.2, 0.25) is 5.91 Å². The number of para-hydroxylation sites is 1. The van der Waals surface area contributed by atoms with Crippen LogP contribution in [0.15, 0.2) is 24.3 Å². The molecule has 0 spiro atoms. The molecule has 1 fully saturated rings. The molecule has 4 N–H and O–H groups in total. The summed E-state index contributed by atoms with van der Waals surface area (Å²) in [6.45, 7) is 4.33. The van der Waals surface area contributed by atoms with Gasteiger partial charge in [-0.15, -0.1) is 0 Å². The van der Waals surface area contributed by atoms with Gasteiger partial charge in [-0.05, 0) is 30.9 Å². The standard InChI is InChI=1S/C17H24N4O3/c1-11(2)9-19-17(24)21-15(22)10-18-14-6-4-3-5-13(14)16(23)20-12-7-8-12/h3-6,11-12,18H,7-10H2,1-2H3,(H,20,23)(H2,19,21,22,24). The van der Waals surface area contributed by atoms with Gasteiger partial charge in [0.05, 0.1) is 12.1 Å². The molecule has 7 heteroatoms. The molecule has 1 aliphatic rings. The summed E-state index contributed by atoms with van der Waals surface area (Å²) in [5.41, 5.74) is 1.05. The molecule has 4 amide bonds. The van der Waals surface area contributed by atoms with Gasteiger partial charge in [-0.1, -0.05) is 26.0 Å². The molecule has 0 aromatic heterocycles. The summed E-state index contributed by atoms with van der Waals surface area (Å²) in [7, 11) is 0. The fourth-order valence-corrected chi connectivity index (χ4v) is 2.01. The number of amides is 4. The predicted molar refractivity (Wildman–Crippen MR) is 91.8 cm³/mol. The Morgan fingerprint density at radius 1 is 1.17 bits per heavy atom. The molecule has 0 bridgehead atoms. The van der Waals surface area contributed by atoms with Gasteiger partial charge in [0.15, 0.2) is 0 Å². The van der Waals surface area contributed by atoms with Crippen molar-refractivity contribution in [3.05, 3.63) is 29.8 Å². The molecule has 0 aliphatic heterocycles. The Labute approximate surface area is 141 Å². The van der Waals surface area contributed by atoms with Crippen LogP contribution < -0.4 is 21.3 Å². The molecule has 0 unspecified atom stereocenters. The molecule has 1 aromatic carbocycles. The van der Waals surface area contributed by atoms with Crippen molar-refractivity contribution in [3.8, 4) is 0 Å². The maximum atomic E-state index is 12.2. The fraction of sp³-hybridized carbons (Fsp3) is 0.471. The number of nitrogens with one attached hydrogen (secondary N) is 4. The molecule has 1 aliphatic carbocycles. The third kappa shape index (κ3) is 5.91. The first-order valence-electron chi connectivity index (χ1n) is 8.17. The van der Waals surface area contributed by atoms with Crippen LogP contribution >= 0.6 is 0 Å². The van der Waals surface area contributed by atoms with E-state index >= 15 is 0 Å². The van der Waals surface area contributed by atoms with Gasteiger partial charge >= 0.3 is 6.03 Å². The summed E-state index contributed by atoms with van der Waals surface area (Å²) in [5.74, 6) is -0.315. The van der Waals surface area contributed by atoms with E-state index in [4.69, 9.17) is 0 Å². The summed E-state index contributed by atoms with van der Waals surface area (Å²) < 4.78 is 0. The number of urea groups is 1. The van der Waals surface area contributed by atoms with E-state index in [-0.39, 0.29) is 18.5 Å². The molecular formula is C17H24N4O3. The van der Waals surface area contributed by atoms with Crippen LogP contribution in [0, 0.1) is 5.92 Å². The number of hydrogen-bond donors (Lipinski definition) is 4. The second kappa shape index (κ2) is 8.33. The fourth-order valence-electron chi connectivity index (χ4n) is 2.01. The number of benzene rings is 1. The van der Waals surface area contributed by atoms with E-state index in [1.54, 1.807) is 24.3 Å². The Morgan fingerprint density at radius 3 is 2.54 bits per heavy atom. The lowest BCUT2D eigenvalue weighted by Crippen LogP contribution is -2.43. The number of rotatable bonds is 7. The monoisotopic (exact) mass is 332 g/mol. The lowest BCUT2D eigenvalue weighted by molar-refractivity contribution is -0.118. The van der Waals surface area contributed by atoms with E-state index in [1.165, 1.54) is 0 Å². The summed E-state index contributed by atoms with van der Waals surface area (Å²) >= 11 is 0. The third-order valence-corrected chi connectivity index (χ3v) is 3.45. The van der Waals surface area contributed by atoms with Crippen molar-refractivity contribution in [2.45, 2.75) is 32.7 Å². The van der Waals surface area contributed by atoms with Crippen molar-refractivity contribution < 1.29 is 14.4 Å². The Balaban J connectivity index is 1.83. The highest BCUT2D eigenvalue weighted by Gasteiger charge is 2.24. The van der Waals surface area contributed by atoms with Gasteiger partial charge in [0.1, 0.15) is 0 Å². The molecule has 130 valence electrons. The Kier molecular flexibility index (Phi) is 6.17. The number of hydrogen-bond acceptors (Lipinski definition) is 4. The van der Waals surface area contributed by atoms with Crippen LogP contribution in [0.2, 0.25) is 0 Å². The van der Waals surface area contributed by atoms with E-state index in [9.17, 15) is 14.4 Å². The average molecular weight is 332 g/mol. The van der Waals surface area contributed by atoms with Crippen LogP contribution in [-0.2, 0) is 4.79 Å². The summed E-state index contributed by atoms with van der Waals surface area (Å²) in [4.78, 5) is 35.5. The minimum absolute atomic E-state index is 0.0944. The van der Waals surface area contributed by atoms with Crippen LogP contribution in [0.1, 0.15) is 37.0 Å². The maximum Gasteiger partial charge on any atom is 0.321 e. The molecule has 0 atom stereocenters.